The molecule has 1 heterocycles. The minimum absolute atomic E-state index is 0.174. The van der Waals surface area contributed by atoms with Crippen LogP contribution in [-0.4, -0.2) is 22.8 Å². The Labute approximate surface area is 167 Å². The molecule has 1 aromatic heterocycles. The lowest BCUT2D eigenvalue weighted by Gasteiger charge is -2.10. The number of para-hydroxylation sites is 1. The van der Waals surface area contributed by atoms with Crippen LogP contribution in [0.3, 0.4) is 0 Å². The number of rotatable bonds is 6. The average molecular weight is 389 g/mol. The molecular weight excluding hydrogens is 369 g/mol. The number of aromatic nitrogens is 2. The highest BCUT2D eigenvalue weighted by atomic mass is 19.1. The van der Waals surface area contributed by atoms with E-state index in [1.165, 1.54) is 12.1 Å². The number of amides is 1. The lowest BCUT2D eigenvalue weighted by atomic mass is 10.1. The number of nitrogens with one attached hydrogen (secondary N) is 1. The molecule has 6 heteroatoms. The zero-order valence-electron chi connectivity index (χ0n) is 15.9. The number of carbonyl (C=O) groups is 1. The highest BCUT2D eigenvalue weighted by Gasteiger charge is 2.11. The molecule has 4 aromatic rings. The molecule has 0 atom stereocenters. The second-order valence-electron chi connectivity index (χ2n) is 6.70. The second-order valence-corrected chi connectivity index (χ2v) is 6.70. The van der Waals surface area contributed by atoms with Crippen LogP contribution in [0.15, 0.2) is 72.9 Å². The van der Waals surface area contributed by atoms with Gasteiger partial charge in [0.05, 0.1) is 25.4 Å². The van der Waals surface area contributed by atoms with Gasteiger partial charge in [0.2, 0.25) is 0 Å². The molecule has 0 fully saturated rings. The normalized spacial score (nSPS) is 10.8. The first-order valence-corrected chi connectivity index (χ1v) is 9.24. The van der Waals surface area contributed by atoms with E-state index in [2.05, 4.69) is 10.4 Å². The fraction of sp³-hybridized carbons (Fsp3) is 0.130. The second kappa shape index (κ2) is 8.14. The van der Waals surface area contributed by atoms with Crippen molar-refractivity contribution in [3.63, 3.8) is 0 Å². The number of hydrogen-bond donors (Lipinski definition) is 1. The number of methoxy groups -OCH3 is 1. The molecule has 0 unspecified atom stereocenters. The molecule has 0 aliphatic heterocycles. The van der Waals surface area contributed by atoms with Gasteiger partial charge in [-0.1, -0.05) is 36.4 Å². The third-order valence-corrected chi connectivity index (χ3v) is 4.78. The molecule has 0 bridgehead atoms. The molecule has 1 N–H and O–H groups in total. The van der Waals surface area contributed by atoms with Crippen molar-refractivity contribution < 1.29 is 13.9 Å². The summed E-state index contributed by atoms with van der Waals surface area (Å²) in [5.74, 6) is 0.293. The fourth-order valence-electron chi connectivity index (χ4n) is 3.23. The van der Waals surface area contributed by atoms with Crippen LogP contribution in [0.1, 0.15) is 21.5 Å². The van der Waals surface area contributed by atoms with Crippen molar-refractivity contribution in [3.05, 3.63) is 95.4 Å². The van der Waals surface area contributed by atoms with Gasteiger partial charge in [-0.05, 0) is 35.9 Å². The van der Waals surface area contributed by atoms with E-state index in [9.17, 15) is 9.18 Å². The van der Waals surface area contributed by atoms with E-state index >= 15 is 0 Å². The Bertz CT molecular complexity index is 1150. The van der Waals surface area contributed by atoms with Crippen LogP contribution >= 0.6 is 0 Å². The summed E-state index contributed by atoms with van der Waals surface area (Å²) in [5, 5.41) is 8.27. The summed E-state index contributed by atoms with van der Waals surface area (Å²) in [6.45, 7) is 0.867. The fourth-order valence-corrected chi connectivity index (χ4v) is 3.23. The SMILES string of the molecule is COc1ccccc1CNC(=O)c1ccc2cnn(Cc3ccc(F)cc3)c2c1. The number of carbonyl (C=O) groups excluding carboxylic acids is 1. The van der Waals surface area contributed by atoms with Crippen molar-refractivity contribution in [1.29, 1.82) is 0 Å². The summed E-state index contributed by atoms with van der Waals surface area (Å²) in [4.78, 5) is 12.7. The number of halogens is 1. The molecule has 29 heavy (non-hydrogen) atoms. The molecular formula is C23H20FN3O2. The zero-order valence-corrected chi connectivity index (χ0v) is 15.9. The van der Waals surface area contributed by atoms with Crippen LogP contribution in [0, 0.1) is 5.82 Å². The maximum atomic E-state index is 13.1. The summed E-state index contributed by atoms with van der Waals surface area (Å²) in [7, 11) is 1.61. The van der Waals surface area contributed by atoms with Gasteiger partial charge in [-0.2, -0.15) is 5.10 Å². The van der Waals surface area contributed by atoms with Crippen LogP contribution < -0.4 is 10.1 Å². The number of ether oxygens (including phenoxy) is 1. The van der Waals surface area contributed by atoms with Gasteiger partial charge in [0, 0.05) is 23.1 Å². The van der Waals surface area contributed by atoms with Crippen LogP contribution in [0.5, 0.6) is 5.75 Å². The predicted molar refractivity (Wildman–Crippen MR) is 109 cm³/mol. The lowest BCUT2D eigenvalue weighted by Crippen LogP contribution is -2.23. The Kier molecular flexibility index (Phi) is 5.24. The summed E-state index contributed by atoms with van der Waals surface area (Å²) < 4.78 is 20.3. The van der Waals surface area contributed by atoms with E-state index < -0.39 is 0 Å². The highest BCUT2D eigenvalue weighted by molar-refractivity contribution is 5.97. The first-order chi connectivity index (χ1) is 14.1. The standard InChI is InChI=1S/C23H20FN3O2/c1-29-22-5-3-2-4-19(22)13-25-23(28)17-8-9-18-14-26-27(21(18)12-17)15-16-6-10-20(24)11-7-16/h2-12,14H,13,15H2,1H3,(H,25,28). The predicted octanol–water partition coefficient (Wildman–Crippen LogP) is 4.16. The molecule has 5 nitrogen and oxygen atoms in total. The zero-order chi connectivity index (χ0) is 20.2. The van der Waals surface area contributed by atoms with E-state index in [-0.39, 0.29) is 11.7 Å². The molecule has 0 aliphatic carbocycles. The topological polar surface area (TPSA) is 56.1 Å². The number of benzene rings is 3. The molecule has 0 aliphatic rings. The Balaban J connectivity index is 1.53. The number of fused-ring (bicyclic) bond motifs is 1. The largest absolute Gasteiger partial charge is 0.496 e. The van der Waals surface area contributed by atoms with Crippen LogP contribution in [0.25, 0.3) is 10.9 Å². The van der Waals surface area contributed by atoms with E-state index in [0.717, 1.165) is 27.8 Å². The van der Waals surface area contributed by atoms with Gasteiger partial charge in [-0.15, -0.1) is 0 Å². The summed E-state index contributed by atoms with van der Waals surface area (Å²) >= 11 is 0. The molecule has 0 spiro atoms. The molecule has 0 saturated heterocycles. The Morgan fingerprint density at radius 2 is 1.90 bits per heavy atom. The van der Waals surface area contributed by atoms with Crippen molar-refractivity contribution in [2.45, 2.75) is 13.1 Å². The Morgan fingerprint density at radius 3 is 2.69 bits per heavy atom. The lowest BCUT2D eigenvalue weighted by molar-refractivity contribution is 0.0951. The van der Waals surface area contributed by atoms with Crippen molar-refractivity contribution in [2.75, 3.05) is 7.11 Å². The van der Waals surface area contributed by atoms with Crippen molar-refractivity contribution in [1.82, 2.24) is 15.1 Å². The van der Waals surface area contributed by atoms with Gasteiger partial charge < -0.3 is 10.1 Å². The van der Waals surface area contributed by atoms with Gasteiger partial charge in [0.15, 0.2) is 0 Å². The van der Waals surface area contributed by atoms with Crippen molar-refractivity contribution >= 4 is 16.8 Å². The van der Waals surface area contributed by atoms with Crippen LogP contribution in [0.4, 0.5) is 4.39 Å². The first-order valence-electron chi connectivity index (χ1n) is 9.24. The van der Waals surface area contributed by atoms with Gasteiger partial charge >= 0.3 is 0 Å². The smallest absolute Gasteiger partial charge is 0.251 e. The number of nitrogens with zero attached hydrogens (tertiary/aromatic N) is 2. The number of hydrogen-bond acceptors (Lipinski definition) is 3. The molecule has 1 amide bonds. The summed E-state index contributed by atoms with van der Waals surface area (Å²) in [6, 6.07) is 19.4. The van der Waals surface area contributed by atoms with Gasteiger partial charge in [0.25, 0.3) is 5.91 Å². The summed E-state index contributed by atoms with van der Waals surface area (Å²) in [5.41, 5.74) is 3.24. The summed E-state index contributed by atoms with van der Waals surface area (Å²) in [6.07, 6.45) is 1.76. The van der Waals surface area contributed by atoms with E-state index in [1.54, 1.807) is 36.2 Å². The first kappa shape index (κ1) is 18.7. The minimum Gasteiger partial charge on any atom is -0.496 e. The maximum Gasteiger partial charge on any atom is 0.251 e. The average Bonchev–Trinajstić information content (AvgIpc) is 3.15. The van der Waals surface area contributed by atoms with E-state index in [0.29, 0.717) is 18.7 Å². The van der Waals surface area contributed by atoms with Gasteiger partial charge in [0.1, 0.15) is 11.6 Å². The minimum atomic E-state index is -0.270. The molecule has 0 radical (unpaired) electrons. The third kappa shape index (κ3) is 4.11. The van der Waals surface area contributed by atoms with E-state index in [4.69, 9.17) is 4.74 Å². The van der Waals surface area contributed by atoms with Crippen molar-refractivity contribution in [3.8, 4) is 5.75 Å². The third-order valence-electron chi connectivity index (χ3n) is 4.78. The Morgan fingerprint density at radius 1 is 1.10 bits per heavy atom. The highest BCUT2D eigenvalue weighted by Crippen LogP contribution is 2.19. The molecule has 4 rings (SSSR count). The van der Waals surface area contributed by atoms with Crippen LogP contribution in [0.2, 0.25) is 0 Å². The molecule has 146 valence electrons. The molecule has 0 saturated carbocycles. The Hall–Kier alpha value is -3.67. The monoisotopic (exact) mass is 389 g/mol. The van der Waals surface area contributed by atoms with Gasteiger partial charge in [-0.3, -0.25) is 9.48 Å². The van der Waals surface area contributed by atoms with E-state index in [1.807, 2.05) is 36.4 Å². The van der Waals surface area contributed by atoms with Crippen molar-refractivity contribution in [2.24, 2.45) is 0 Å². The van der Waals surface area contributed by atoms with Gasteiger partial charge in [-0.25, -0.2) is 4.39 Å². The van der Waals surface area contributed by atoms with Crippen LogP contribution in [-0.2, 0) is 13.1 Å². The quantitative estimate of drug-likeness (QED) is 0.539. The molecule has 3 aromatic carbocycles. The maximum absolute atomic E-state index is 13.1.